The highest BCUT2D eigenvalue weighted by atomic mass is 19.1. The average Bonchev–Trinajstić information content (AvgIpc) is 2.68. The molecule has 1 fully saturated rings. The molecule has 0 saturated carbocycles. The Morgan fingerprint density at radius 2 is 2.00 bits per heavy atom. The lowest BCUT2D eigenvalue weighted by molar-refractivity contribution is -0.223. The molecule has 0 N–H and O–H groups in total. The van der Waals surface area contributed by atoms with Crippen molar-refractivity contribution in [2.24, 2.45) is 4.99 Å². The number of rotatable bonds is 8. The fourth-order valence-corrected chi connectivity index (χ4v) is 3.18. The van der Waals surface area contributed by atoms with Gasteiger partial charge in [-0.25, -0.2) is 13.8 Å². The molecule has 1 aliphatic heterocycles. The van der Waals surface area contributed by atoms with Gasteiger partial charge in [-0.1, -0.05) is 0 Å². The molecular formula is C22H26F2N2O3. The maximum absolute atomic E-state index is 14.7. The molecular weight excluding hydrogens is 378 g/mol. The van der Waals surface area contributed by atoms with Crippen LogP contribution >= 0.6 is 0 Å². The second-order valence-corrected chi connectivity index (χ2v) is 7.17. The highest BCUT2D eigenvalue weighted by Gasteiger charge is 2.43. The molecule has 0 unspecified atom stereocenters. The number of aryl methyl sites for hydroxylation is 1. The zero-order valence-corrected chi connectivity index (χ0v) is 17.2. The highest BCUT2D eigenvalue weighted by Crippen LogP contribution is 2.39. The smallest absolute Gasteiger partial charge is 0.149 e. The van der Waals surface area contributed by atoms with E-state index in [1.54, 1.807) is 18.5 Å². The van der Waals surface area contributed by atoms with Gasteiger partial charge < -0.3 is 19.1 Å². The minimum Gasteiger partial charge on any atom is -0.496 e. The first kappa shape index (κ1) is 21.2. The summed E-state index contributed by atoms with van der Waals surface area (Å²) in [5.41, 5.74) is 1.63. The van der Waals surface area contributed by atoms with Gasteiger partial charge in [0.05, 0.1) is 33.3 Å². The molecule has 0 aliphatic carbocycles. The van der Waals surface area contributed by atoms with E-state index in [1.165, 1.54) is 25.3 Å². The first-order valence-corrected chi connectivity index (χ1v) is 9.47. The average molecular weight is 404 g/mol. The van der Waals surface area contributed by atoms with Crippen LogP contribution in [0.4, 0.5) is 14.5 Å². The lowest BCUT2D eigenvalue weighted by atomic mass is 9.87. The van der Waals surface area contributed by atoms with Crippen molar-refractivity contribution in [3.8, 4) is 5.75 Å². The molecule has 1 saturated heterocycles. The first-order chi connectivity index (χ1) is 13.9. The maximum Gasteiger partial charge on any atom is 0.149 e. The van der Waals surface area contributed by atoms with Crippen LogP contribution in [-0.4, -0.2) is 45.2 Å². The van der Waals surface area contributed by atoms with Crippen molar-refractivity contribution in [1.82, 2.24) is 4.90 Å². The molecule has 2 aromatic carbocycles. The molecule has 0 bridgehead atoms. The van der Waals surface area contributed by atoms with Gasteiger partial charge in [0, 0.05) is 19.2 Å². The van der Waals surface area contributed by atoms with Gasteiger partial charge in [0.1, 0.15) is 28.7 Å². The van der Waals surface area contributed by atoms with Gasteiger partial charge in [0.25, 0.3) is 0 Å². The predicted molar refractivity (Wildman–Crippen MR) is 108 cm³/mol. The molecule has 0 amide bonds. The number of ether oxygens (including phenoxy) is 3. The van der Waals surface area contributed by atoms with Gasteiger partial charge in [-0.05, 0) is 55.3 Å². The lowest BCUT2D eigenvalue weighted by Crippen LogP contribution is -2.49. The molecule has 1 heterocycles. The van der Waals surface area contributed by atoms with E-state index in [0.29, 0.717) is 30.1 Å². The summed E-state index contributed by atoms with van der Waals surface area (Å²) in [6, 6.07) is 7.43. The summed E-state index contributed by atoms with van der Waals surface area (Å²) < 4.78 is 45.2. The molecule has 1 aliphatic rings. The van der Waals surface area contributed by atoms with E-state index in [-0.39, 0.29) is 18.1 Å². The van der Waals surface area contributed by atoms with E-state index in [2.05, 4.69) is 4.99 Å². The van der Waals surface area contributed by atoms with E-state index >= 15 is 0 Å². The topological polar surface area (TPSA) is 43.3 Å². The van der Waals surface area contributed by atoms with E-state index in [9.17, 15) is 8.78 Å². The Labute approximate surface area is 169 Å². The van der Waals surface area contributed by atoms with Crippen LogP contribution in [0.2, 0.25) is 0 Å². The van der Waals surface area contributed by atoms with E-state index in [1.807, 2.05) is 25.8 Å². The highest BCUT2D eigenvalue weighted by molar-refractivity contribution is 5.62. The minimum atomic E-state index is -0.787. The number of nitrogens with zero attached hydrogens (tertiary/aromatic N) is 2. The fraction of sp³-hybridized carbons (Fsp3) is 0.409. The Morgan fingerprint density at radius 1 is 1.24 bits per heavy atom. The second kappa shape index (κ2) is 8.88. The van der Waals surface area contributed by atoms with E-state index in [0.717, 1.165) is 12.1 Å². The van der Waals surface area contributed by atoms with Gasteiger partial charge in [0.15, 0.2) is 0 Å². The summed E-state index contributed by atoms with van der Waals surface area (Å²) in [6.45, 7) is 5.37. The van der Waals surface area contributed by atoms with Crippen LogP contribution in [0.25, 0.3) is 0 Å². The van der Waals surface area contributed by atoms with Gasteiger partial charge >= 0.3 is 0 Å². The van der Waals surface area contributed by atoms with E-state index < -0.39 is 11.4 Å². The third kappa shape index (κ3) is 4.57. The number of hydrogen-bond donors (Lipinski definition) is 0. The first-order valence-electron chi connectivity index (χ1n) is 9.47. The van der Waals surface area contributed by atoms with Crippen molar-refractivity contribution < 1.29 is 23.0 Å². The zero-order valence-electron chi connectivity index (χ0n) is 17.2. The standard InChI is InChI=1S/C22H26F2N2O3/c1-5-26(3)14-25-20-8-15(2)18(10-19(20)24)22(12-28-13-22)29-11-16-9-17(23)6-7-21(16)27-4/h6-10,14H,5,11-13H2,1-4H3. The molecule has 0 radical (unpaired) electrons. The third-order valence-corrected chi connectivity index (χ3v) is 5.09. The normalized spacial score (nSPS) is 15.4. The molecule has 0 aromatic heterocycles. The van der Waals surface area contributed by atoms with Gasteiger partial charge in [0.2, 0.25) is 0 Å². The fourth-order valence-electron chi connectivity index (χ4n) is 3.18. The zero-order chi connectivity index (χ0) is 21.0. The molecule has 156 valence electrons. The molecule has 5 nitrogen and oxygen atoms in total. The van der Waals surface area contributed by atoms with E-state index in [4.69, 9.17) is 14.2 Å². The van der Waals surface area contributed by atoms with Crippen LogP contribution in [0.1, 0.15) is 23.6 Å². The summed E-state index contributed by atoms with van der Waals surface area (Å²) in [5.74, 6) is -0.260. The molecule has 7 heteroatoms. The summed E-state index contributed by atoms with van der Waals surface area (Å²) in [5, 5.41) is 0. The molecule has 29 heavy (non-hydrogen) atoms. The largest absolute Gasteiger partial charge is 0.496 e. The maximum atomic E-state index is 14.7. The minimum absolute atomic E-state index is 0.118. The van der Waals surface area contributed by atoms with Crippen molar-refractivity contribution in [2.75, 3.05) is 33.9 Å². The number of halogens is 2. The van der Waals surface area contributed by atoms with Crippen LogP contribution < -0.4 is 4.74 Å². The SMILES string of the molecule is CCN(C)C=Nc1cc(C)c(C2(OCc3cc(F)ccc3OC)COC2)cc1F. The number of benzene rings is 2. The van der Waals surface area contributed by atoms with Gasteiger partial charge in [-0.3, -0.25) is 0 Å². The van der Waals surface area contributed by atoms with Crippen molar-refractivity contribution in [2.45, 2.75) is 26.1 Å². The number of methoxy groups -OCH3 is 1. The summed E-state index contributed by atoms with van der Waals surface area (Å²) in [6.07, 6.45) is 1.60. The quantitative estimate of drug-likeness (QED) is 0.485. The Bertz CT molecular complexity index is 898. The summed E-state index contributed by atoms with van der Waals surface area (Å²) >= 11 is 0. The third-order valence-electron chi connectivity index (χ3n) is 5.09. The predicted octanol–water partition coefficient (Wildman–Crippen LogP) is 4.34. The Morgan fingerprint density at radius 3 is 2.62 bits per heavy atom. The number of aliphatic imine (C=N–C) groups is 1. The Hall–Kier alpha value is -2.51. The van der Waals surface area contributed by atoms with Crippen LogP contribution in [-0.2, 0) is 21.7 Å². The van der Waals surface area contributed by atoms with Crippen molar-refractivity contribution in [1.29, 1.82) is 0 Å². The Balaban J connectivity index is 1.85. The van der Waals surface area contributed by atoms with Crippen LogP contribution in [0, 0.1) is 18.6 Å². The molecule has 2 aromatic rings. The van der Waals surface area contributed by atoms with Crippen molar-refractivity contribution in [3.63, 3.8) is 0 Å². The molecule has 3 rings (SSSR count). The van der Waals surface area contributed by atoms with Crippen LogP contribution in [0.3, 0.4) is 0 Å². The van der Waals surface area contributed by atoms with Crippen LogP contribution in [0.15, 0.2) is 35.3 Å². The molecule has 0 atom stereocenters. The monoisotopic (exact) mass is 404 g/mol. The van der Waals surface area contributed by atoms with Gasteiger partial charge in [-0.15, -0.1) is 0 Å². The second-order valence-electron chi connectivity index (χ2n) is 7.17. The van der Waals surface area contributed by atoms with Crippen LogP contribution in [0.5, 0.6) is 5.75 Å². The summed E-state index contributed by atoms with van der Waals surface area (Å²) in [4.78, 5) is 6.09. The van der Waals surface area contributed by atoms with Crippen molar-refractivity contribution in [3.05, 3.63) is 58.7 Å². The lowest BCUT2D eigenvalue weighted by Gasteiger charge is -2.42. The Kier molecular flexibility index (Phi) is 6.49. The molecule has 0 spiro atoms. The number of hydrogen-bond acceptors (Lipinski definition) is 4. The van der Waals surface area contributed by atoms with Crippen molar-refractivity contribution >= 4 is 12.0 Å². The summed E-state index contributed by atoms with van der Waals surface area (Å²) in [7, 11) is 3.39. The van der Waals surface area contributed by atoms with Gasteiger partial charge in [-0.2, -0.15) is 0 Å².